The number of amides is 1. The molecule has 27 heavy (non-hydrogen) atoms. The van der Waals surface area contributed by atoms with Crippen molar-refractivity contribution in [2.75, 3.05) is 25.0 Å². The molecule has 1 aromatic carbocycles. The summed E-state index contributed by atoms with van der Waals surface area (Å²) in [5.74, 6) is -0.969. The molecule has 1 aliphatic heterocycles. The van der Waals surface area contributed by atoms with Crippen molar-refractivity contribution >= 4 is 28.3 Å². The highest BCUT2D eigenvalue weighted by Crippen LogP contribution is 2.30. The summed E-state index contributed by atoms with van der Waals surface area (Å²) in [7, 11) is 0. The largest absolute Gasteiger partial charge is 0.481 e. The van der Waals surface area contributed by atoms with Crippen LogP contribution in [-0.4, -0.2) is 46.5 Å². The van der Waals surface area contributed by atoms with E-state index in [1.165, 1.54) is 16.9 Å². The molecule has 6 nitrogen and oxygen atoms in total. The van der Waals surface area contributed by atoms with E-state index in [4.69, 9.17) is 0 Å². The van der Waals surface area contributed by atoms with E-state index in [1.54, 1.807) is 6.92 Å². The minimum Gasteiger partial charge on any atom is -0.481 e. The summed E-state index contributed by atoms with van der Waals surface area (Å²) in [5.41, 5.74) is 2.42. The Hall–Kier alpha value is -2.25. The molecule has 7 heteroatoms. The monoisotopic (exact) mass is 387 g/mol. The van der Waals surface area contributed by atoms with Crippen LogP contribution in [0.25, 0.3) is 11.3 Å². The standard InChI is InChI=1S/C20H25N3O3S/c1-3-4-14-5-7-15(8-6-14)16-12-27-19(21-16)22-17(24)11-23-10-9-20(2,13-23)18(25)26/h5-8,12H,3-4,9-11,13H2,1-2H3,(H,25,26)(H,21,22,24). The molecule has 0 saturated carbocycles. The van der Waals surface area contributed by atoms with Crippen LogP contribution < -0.4 is 5.32 Å². The lowest BCUT2D eigenvalue weighted by Crippen LogP contribution is -2.35. The van der Waals surface area contributed by atoms with Gasteiger partial charge in [0.05, 0.1) is 17.7 Å². The Labute approximate surface area is 163 Å². The van der Waals surface area contributed by atoms with Crippen LogP contribution in [0.4, 0.5) is 5.13 Å². The molecule has 1 fully saturated rings. The molecular formula is C20H25N3O3S. The van der Waals surface area contributed by atoms with Gasteiger partial charge in [-0.3, -0.25) is 14.5 Å². The van der Waals surface area contributed by atoms with Crippen LogP contribution in [0.15, 0.2) is 29.6 Å². The van der Waals surface area contributed by atoms with Crippen LogP contribution in [0.2, 0.25) is 0 Å². The molecule has 0 bridgehead atoms. The molecule has 0 aliphatic carbocycles. The summed E-state index contributed by atoms with van der Waals surface area (Å²) in [6.45, 7) is 5.08. The van der Waals surface area contributed by atoms with Crippen molar-refractivity contribution in [1.29, 1.82) is 0 Å². The molecule has 0 spiro atoms. The van der Waals surface area contributed by atoms with E-state index in [0.717, 1.165) is 24.1 Å². The van der Waals surface area contributed by atoms with E-state index < -0.39 is 11.4 Å². The molecule has 1 saturated heterocycles. The van der Waals surface area contributed by atoms with Gasteiger partial charge in [0.2, 0.25) is 5.91 Å². The van der Waals surface area contributed by atoms with Crippen molar-refractivity contribution in [2.45, 2.75) is 33.1 Å². The Morgan fingerprint density at radius 2 is 2.07 bits per heavy atom. The number of carbonyl (C=O) groups is 2. The molecule has 1 aliphatic rings. The van der Waals surface area contributed by atoms with E-state index >= 15 is 0 Å². The Morgan fingerprint density at radius 3 is 2.70 bits per heavy atom. The second-order valence-corrected chi connectivity index (χ2v) is 8.22. The van der Waals surface area contributed by atoms with Gasteiger partial charge in [-0.25, -0.2) is 4.98 Å². The maximum Gasteiger partial charge on any atom is 0.310 e. The van der Waals surface area contributed by atoms with E-state index in [9.17, 15) is 14.7 Å². The molecule has 1 unspecified atom stereocenters. The number of aromatic nitrogens is 1. The molecule has 3 rings (SSSR count). The summed E-state index contributed by atoms with van der Waals surface area (Å²) in [4.78, 5) is 30.0. The van der Waals surface area contributed by atoms with Crippen molar-refractivity contribution in [2.24, 2.45) is 5.41 Å². The lowest BCUT2D eigenvalue weighted by atomic mass is 9.90. The maximum atomic E-state index is 12.3. The first-order valence-electron chi connectivity index (χ1n) is 9.20. The van der Waals surface area contributed by atoms with Crippen molar-refractivity contribution < 1.29 is 14.7 Å². The number of hydrogen-bond acceptors (Lipinski definition) is 5. The lowest BCUT2D eigenvalue weighted by molar-refractivity contribution is -0.147. The highest BCUT2D eigenvalue weighted by Gasteiger charge is 2.40. The quantitative estimate of drug-likeness (QED) is 0.760. The third kappa shape index (κ3) is 4.73. The highest BCUT2D eigenvalue weighted by molar-refractivity contribution is 7.14. The number of rotatable bonds is 7. The first-order chi connectivity index (χ1) is 12.9. The van der Waals surface area contributed by atoms with E-state index in [-0.39, 0.29) is 12.5 Å². The first kappa shape index (κ1) is 19.5. The Kier molecular flexibility index (Phi) is 5.92. The van der Waals surface area contributed by atoms with Crippen LogP contribution in [0.1, 0.15) is 32.3 Å². The number of benzene rings is 1. The minimum absolute atomic E-state index is 0.163. The number of anilines is 1. The molecule has 144 valence electrons. The fourth-order valence-corrected chi connectivity index (χ4v) is 4.06. The highest BCUT2D eigenvalue weighted by atomic mass is 32.1. The van der Waals surface area contributed by atoms with Crippen LogP contribution in [0, 0.1) is 5.41 Å². The van der Waals surface area contributed by atoms with E-state index in [1.807, 2.05) is 10.3 Å². The second kappa shape index (κ2) is 8.19. The first-order valence-corrected chi connectivity index (χ1v) is 10.1. The van der Waals surface area contributed by atoms with Crippen LogP contribution >= 0.6 is 11.3 Å². The number of carboxylic acid groups (broad SMARTS) is 1. The molecule has 2 N–H and O–H groups in total. The number of likely N-dealkylation sites (tertiary alicyclic amines) is 1. The van der Waals surface area contributed by atoms with Gasteiger partial charge in [0, 0.05) is 17.5 Å². The number of aryl methyl sites for hydroxylation is 1. The molecule has 2 aromatic rings. The van der Waals surface area contributed by atoms with Gasteiger partial charge in [0.25, 0.3) is 0 Å². The zero-order valence-electron chi connectivity index (χ0n) is 15.7. The van der Waals surface area contributed by atoms with Crippen molar-refractivity contribution in [3.8, 4) is 11.3 Å². The fourth-order valence-electron chi connectivity index (χ4n) is 3.32. The fraction of sp³-hybridized carbons (Fsp3) is 0.450. The number of nitrogens with one attached hydrogen (secondary N) is 1. The average molecular weight is 388 g/mol. The summed E-state index contributed by atoms with van der Waals surface area (Å²) in [5, 5.41) is 14.6. The molecule has 1 atom stereocenters. The van der Waals surface area contributed by atoms with Gasteiger partial charge in [-0.2, -0.15) is 0 Å². The molecule has 1 amide bonds. The van der Waals surface area contributed by atoms with Gasteiger partial charge in [-0.15, -0.1) is 11.3 Å². The van der Waals surface area contributed by atoms with Gasteiger partial charge < -0.3 is 10.4 Å². The Balaban J connectivity index is 1.56. The van der Waals surface area contributed by atoms with Crippen LogP contribution in [0.5, 0.6) is 0 Å². The lowest BCUT2D eigenvalue weighted by Gasteiger charge is -2.19. The second-order valence-electron chi connectivity index (χ2n) is 7.36. The predicted octanol–water partition coefficient (Wildman–Crippen LogP) is 3.50. The van der Waals surface area contributed by atoms with Crippen molar-refractivity contribution in [1.82, 2.24) is 9.88 Å². The zero-order chi connectivity index (χ0) is 19.4. The molecular weight excluding hydrogens is 362 g/mol. The number of nitrogens with zero attached hydrogens (tertiary/aromatic N) is 2. The Bertz CT molecular complexity index is 818. The van der Waals surface area contributed by atoms with Gasteiger partial charge in [0.1, 0.15) is 0 Å². The third-order valence-corrected chi connectivity index (χ3v) is 5.73. The van der Waals surface area contributed by atoms with E-state index in [0.29, 0.717) is 24.6 Å². The van der Waals surface area contributed by atoms with Gasteiger partial charge in [-0.05, 0) is 31.9 Å². The normalized spacial score (nSPS) is 19.9. The number of hydrogen-bond donors (Lipinski definition) is 2. The summed E-state index contributed by atoms with van der Waals surface area (Å²) in [6, 6.07) is 8.34. The minimum atomic E-state index is -0.806. The van der Waals surface area contributed by atoms with Crippen LogP contribution in [-0.2, 0) is 16.0 Å². The topological polar surface area (TPSA) is 82.5 Å². The number of carboxylic acids is 1. The summed E-state index contributed by atoms with van der Waals surface area (Å²) >= 11 is 1.39. The SMILES string of the molecule is CCCc1ccc(-c2csc(NC(=O)CN3CCC(C)(C(=O)O)C3)n2)cc1. The molecule has 1 aromatic heterocycles. The van der Waals surface area contributed by atoms with Crippen molar-refractivity contribution in [3.63, 3.8) is 0 Å². The maximum absolute atomic E-state index is 12.3. The van der Waals surface area contributed by atoms with E-state index in [2.05, 4.69) is 41.5 Å². The number of thiazole rings is 1. The number of carbonyl (C=O) groups excluding carboxylic acids is 1. The zero-order valence-corrected chi connectivity index (χ0v) is 16.5. The van der Waals surface area contributed by atoms with Gasteiger partial charge >= 0.3 is 5.97 Å². The van der Waals surface area contributed by atoms with Gasteiger partial charge in [0.15, 0.2) is 5.13 Å². The molecule has 0 radical (unpaired) electrons. The molecule has 2 heterocycles. The van der Waals surface area contributed by atoms with Crippen molar-refractivity contribution in [3.05, 3.63) is 35.2 Å². The summed E-state index contributed by atoms with van der Waals surface area (Å²) < 4.78 is 0. The third-order valence-electron chi connectivity index (χ3n) is 4.97. The van der Waals surface area contributed by atoms with Gasteiger partial charge in [-0.1, -0.05) is 37.6 Å². The predicted molar refractivity (Wildman–Crippen MR) is 107 cm³/mol. The summed E-state index contributed by atoms with van der Waals surface area (Å²) in [6.07, 6.45) is 2.75. The Morgan fingerprint density at radius 1 is 1.33 bits per heavy atom. The van der Waals surface area contributed by atoms with Crippen LogP contribution in [0.3, 0.4) is 0 Å². The average Bonchev–Trinajstić information content (AvgIpc) is 3.23. The smallest absolute Gasteiger partial charge is 0.310 e. The number of aliphatic carboxylic acids is 1.